The summed E-state index contributed by atoms with van der Waals surface area (Å²) in [6.07, 6.45) is 0.217. The van der Waals surface area contributed by atoms with Crippen LogP contribution in [-0.4, -0.2) is 79.4 Å². The zero-order chi connectivity index (χ0) is 36.8. The Morgan fingerprint density at radius 1 is 0.917 bits per heavy atom. The molecule has 264 valence electrons. The van der Waals surface area contributed by atoms with Crippen molar-refractivity contribution in [2.45, 2.75) is 90.4 Å². The molecular weight excluding hydrogens is 634 g/mol. The number of nitrogens with one attached hydrogen (secondary N) is 2. The minimum atomic E-state index is -4.18. The van der Waals surface area contributed by atoms with Crippen molar-refractivity contribution in [3.05, 3.63) is 77.4 Å². The summed E-state index contributed by atoms with van der Waals surface area (Å²) in [6.45, 7) is 14.3. The first-order chi connectivity index (χ1) is 22.1. The van der Waals surface area contributed by atoms with E-state index >= 15 is 0 Å². The van der Waals surface area contributed by atoms with Gasteiger partial charge in [-0.3, -0.25) is 19.3 Å². The monoisotopic (exact) mass is 685 g/mol. The maximum absolute atomic E-state index is 14.2. The Morgan fingerprint density at radius 2 is 1.46 bits per heavy atom. The van der Waals surface area contributed by atoms with Gasteiger partial charge < -0.3 is 21.1 Å². The number of hydrogen-bond acceptors (Lipinski definition) is 7. The Morgan fingerprint density at radius 3 is 1.92 bits per heavy atom. The van der Waals surface area contributed by atoms with Crippen molar-refractivity contribution in [1.82, 2.24) is 19.8 Å². The molecule has 0 bridgehead atoms. The predicted octanol–water partition coefficient (Wildman–Crippen LogP) is 3.87. The van der Waals surface area contributed by atoms with E-state index in [0.717, 1.165) is 16.0 Å². The quantitative estimate of drug-likeness (QED) is 0.230. The van der Waals surface area contributed by atoms with Gasteiger partial charge in [0.1, 0.15) is 12.1 Å². The summed E-state index contributed by atoms with van der Waals surface area (Å²) in [5, 5.41) is 12.8. The third-order valence-corrected chi connectivity index (χ3v) is 9.84. The van der Waals surface area contributed by atoms with Gasteiger partial charge >= 0.3 is 6.09 Å². The Kier molecular flexibility index (Phi) is 13.1. The summed E-state index contributed by atoms with van der Waals surface area (Å²) >= 11 is 0. The van der Waals surface area contributed by atoms with Gasteiger partial charge in [0.05, 0.1) is 10.9 Å². The van der Waals surface area contributed by atoms with Crippen LogP contribution in [0, 0.1) is 11.3 Å². The van der Waals surface area contributed by atoms with E-state index in [1.165, 1.54) is 37.1 Å². The van der Waals surface area contributed by atoms with Crippen LogP contribution in [0.1, 0.15) is 66.5 Å². The highest BCUT2D eigenvalue weighted by atomic mass is 32.2. The summed E-state index contributed by atoms with van der Waals surface area (Å²) in [5.41, 5.74) is 5.34. The Labute approximate surface area is 284 Å². The second-order valence-electron chi connectivity index (χ2n) is 14.0. The zero-order valence-electron chi connectivity index (χ0n) is 29.6. The van der Waals surface area contributed by atoms with Crippen molar-refractivity contribution in [3.63, 3.8) is 0 Å². The molecule has 2 aromatic rings. The average molecular weight is 686 g/mol. The molecule has 2 aromatic carbocycles. The van der Waals surface area contributed by atoms with E-state index in [4.69, 9.17) is 5.73 Å². The van der Waals surface area contributed by atoms with E-state index in [2.05, 4.69) is 10.0 Å². The van der Waals surface area contributed by atoms with Crippen LogP contribution >= 0.6 is 0 Å². The van der Waals surface area contributed by atoms with Gasteiger partial charge in [-0.15, -0.1) is 0 Å². The lowest BCUT2D eigenvalue weighted by atomic mass is 9.76. The molecule has 0 fully saturated rings. The number of rotatable bonds is 13. The van der Waals surface area contributed by atoms with Crippen molar-refractivity contribution in [2.75, 3.05) is 14.1 Å². The SMILES string of the molecule is C/C(=C\[C@H](C(C)C)N(C)C(=O)[C@@H](NC(=O)[C@@H](N(C)C(=O)O)C(C)(C)c1ccccc1)C(C)(C)C)C(=O)NS(=O)(=O)c1ccc(CN)cc1. The highest BCUT2D eigenvalue weighted by Gasteiger charge is 2.45. The summed E-state index contributed by atoms with van der Waals surface area (Å²) in [4.78, 5) is 55.7. The first kappa shape index (κ1) is 39.9. The van der Waals surface area contributed by atoms with Gasteiger partial charge in [-0.05, 0) is 41.5 Å². The first-order valence-electron chi connectivity index (χ1n) is 15.7. The summed E-state index contributed by atoms with van der Waals surface area (Å²) in [7, 11) is -1.31. The number of carbonyl (C=O) groups excluding carboxylic acids is 3. The van der Waals surface area contributed by atoms with E-state index in [0.29, 0.717) is 0 Å². The maximum atomic E-state index is 14.2. The largest absolute Gasteiger partial charge is 0.465 e. The summed E-state index contributed by atoms with van der Waals surface area (Å²) in [6, 6.07) is 12.0. The number of nitrogens with two attached hydrogens (primary N) is 1. The van der Waals surface area contributed by atoms with Crippen LogP contribution in [0.3, 0.4) is 0 Å². The van der Waals surface area contributed by atoms with Gasteiger partial charge in [0.15, 0.2) is 0 Å². The molecule has 0 unspecified atom stereocenters. The van der Waals surface area contributed by atoms with E-state index in [1.807, 2.05) is 32.0 Å². The maximum Gasteiger partial charge on any atom is 0.407 e. The molecule has 0 saturated heterocycles. The van der Waals surface area contributed by atoms with Gasteiger partial charge in [-0.2, -0.15) is 0 Å². The minimum Gasteiger partial charge on any atom is -0.465 e. The number of carbonyl (C=O) groups is 4. The van der Waals surface area contributed by atoms with E-state index in [9.17, 15) is 32.7 Å². The molecule has 5 N–H and O–H groups in total. The molecule has 0 heterocycles. The number of benzene rings is 2. The molecule has 0 spiro atoms. The Balaban J connectivity index is 2.41. The lowest BCUT2D eigenvalue weighted by molar-refractivity contribution is -0.141. The first-order valence-corrected chi connectivity index (χ1v) is 17.2. The molecule has 48 heavy (non-hydrogen) atoms. The third-order valence-electron chi connectivity index (χ3n) is 8.49. The number of nitrogens with zero attached hydrogens (tertiary/aromatic N) is 2. The topological polar surface area (TPSA) is 179 Å². The Bertz CT molecular complexity index is 1600. The number of carboxylic acid groups (broad SMARTS) is 1. The van der Waals surface area contributed by atoms with Crippen molar-refractivity contribution < 1.29 is 32.7 Å². The number of hydrogen-bond donors (Lipinski definition) is 4. The molecule has 0 radical (unpaired) electrons. The molecule has 0 aromatic heterocycles. The molecule has 0 aliphatic carbocycles. The van der Waals surface area contributed by atoms with Crippen molar-refractivity contribution >= 4 is 33.8 Å². The zero-order valence-corrected chi connectivity index (χ0v) is 30.4. The standard InChI is InChI=1S/C35H51N5O7S/c1-22(2)27(20-23(3)30(41)38-48(46,47)26-18-16-24(21-36)17-19-26)39(9)32(43)28(34(4,5)6)37-31(42)29(40(10)33(44)45)35(7,8)25-14-12-11-13-15-25/h11-20,22,27-29H,21,36H2,1-10H3,(H,37,42)(H,38,41)(H,44,45)/b23-20+/t27-,28-,29-/m1/s1. The highest BCUT2D eigenvalue weighted by molar-refractivity contribution is 7.90. The fourth-order valence-electron chi connectivity index (χ4n) is 5.49. The molecule has 4 amide bonds. The molecule has 0 aliphatic heterocycles. The lowest BCUT2D eigenvalue weighted by Gasteiger charge is -2.41. The molecule has 12 nitrogen and oxygen atoms in total. The van der Waals surface area contributed by atoms with E-state index in [1.54, 1.807) is 65.9 Å². The van der Waals surface area contributed by atoms with Crippen molar-refractivity contribution in [2.24, 2.45) is 17.1 Å². The van der Waals surface area contributed by atoms with Gasteiger partial charge in [0, 0.05) is 31.6 Å². The van der Waals surface area contributed by atoms with Crippen molar-refractivity contribution in [3.8, 4) is 0 Å². The molecule has 2 rings (SSSR count). The van der Waals surface area contributed by atoms with Crippen LogP contribution in [0.2, 0.25) is 0 Å². The number of amides is 4. The smallest absolute Gasteiger partial charge is 0.407 e. The van der Waals surface area contributed by atoms with Crippen LogP contribution < -0.4 is 15.8 Å². The van der Waals surface area contributed by atoms with Crippen LogP contribution in [0.25, 0.3) is 0 Å². The lowest BCUT2D eigenvalue weighted by Crippen LogP contribution is -2.62. The Hall–Kier alpha value is -4.23. The van der Waals surface area contributed by atoms with Crippen molar-refractivity contribution in [1.29, 1.82) is 0 Å². The molecule has 3 atom stereocenters. The van der Waals surface area contributed by atoms with Crippen LogP contribution in [0.15, 0.2) is 71.1 Å². The van der Waals surface area contributed by atoms with Crippen LogP contribution in [0.5, 0.6) is 0 Å². The molecular formula is C35H51N5O7S. The average Bonchev–Trinajstić information content (AvgIpc) is 3.01. The molecule has 13 heteroatoms. The summed E-state index contributed by atoms with van der Waals surface area (Å²) in [5.74, 6) is -2.19. The van der Waals surface area contributed by atoms with Gasteiger partial charge in [0.25, 0.3) is 15.9 Å². The fraction of sp³-hybridized carbons (Fsp3) is 0.486. The van der Waals surface area contributed by atoms with E-state index in [-0.39, 0.29) is 22.9 Å². The fourth-order valence-corrected chi connectivity index (χ4v) is 6.51. The van der Waals surface area contributed by atoms with Gasteiger partial charge in [0.2, 0.25) is 11.8 Å². The third kappa shape index (κ3) is 9.66. The predicted molar refractivity (Wildman–Crippen MR) is 185 cm³/mol. The van der Waals surface area contributed by atoms with Gasteiger partial charge in [-0.1, -0.05) is 97.0 Å². The second kappa shape index (κ2) is 15.8. The molecule has 0 aliphatic rings. The normalized spacial score (nSPS) is 14.5. The number of sulfonamides is 1. The van der Waals surface area contributed by atoms with Crippen LogP contribution in [0.4, 0.5) is 4.79 Å². The highest BCUT2D eigenvalue weighted by Crippen LogP contribution is 2.32. The van der Waals surface area contributed by atoms with Crippen LogP contribution in [-0.2, 0) is 36.4 Å². The van der Waals surface area contributed by atoms with Gasteiger partial charge in [-0.25, -0.2) is 17.9 Å². The summed E-state index contributed by atoms with van der Waals surface area (Å²) < 4.78 is 27.8. The minimum absolute atomic E-state index is 0.0691. The molecule has 0 saturated carbocycles. The second-order valence-corrected chi connectivity index (χ2v) is 15.7. The van der Waals surface area contributed by atoms with E-state index < -0.39 is 62.8 Å². The number of likely N-dealkylation sites (N-methyl/N-ethyl adjacent to an activating group) is 2.